The van der Waals surface area contributed by atoms with E-state index in [9.17, 15) is 17.6 Å². The summed E-state index contributed by atoms with van der Waals surface area (Å²) in [5.41, 5.74) is 0.574. The second-order valence-corrected chi connectivity index (χ2v) is 6.03. The Morgan fingerprint density at radius 2 is 0.960 bits per heavy atom. The lowest BCUT2D eigenvalue weighted by atomic mass is 10.1. The summed E-state index contributed by atoms with van der Waals surface area (Å²) in [6.07, 6.45) is -4.94. The average Bonchev–Trinajstić information content (AvgIpc) is 2.55. The molecule has 2 aromatic carbocycles. The van der Waals surface area contributed by atoms with E-state index in [4.69, 9.17) is 0 Å². The minimum atomic E-state index is -4.09. The van der Waals surface area contributed by atoms with Crippen LogP contribution in [0.1, 0.15) is 48.9 Å². The highest BCUT2D eigenvalue weighted by Gasteiger charge is 2.46. The van der Waals surface area contributed by atoms with Crippen molar-refractivity contribution in [1.29, 1.82) is 0 Å². The standard InChI is InChI=1S/C20H22F4O/c1-3-5-15-7-11-17(12-8-15)19(21,22)25-20(23,24)18-13-9-16(6-4-2)10-14-18/h7-14H,3-6H2,1-2H3. The van der Waals surface area contributed by atoms with Gasteiger partial charge >= 0.3 is 12.2 Å². The van der Waals surface area contributed by atoms with Crippen LogP contribution in [-0.2, 0) is 29.8 Å². The van der Waals surface area contributed by atoms with Gasteiger partial charge in [-0.15, -0.1) is 0 Å². The Morgan fingerprint density at radius 1 is 0.640 bits per heavy atom. The summed E-state index contributed by atoms with van der Waals surface area (Å²) >= 11 is 0. The van der Waals surface area contributed by atoms with Crippen LogP contribution < -0.4 is 0 Å². The SMILES string of the molecule is CCCc1ccc(C(F)(F)OC(F)(F)c2ccc(CCC)cc2)cc1. The molecule has 0 N–H and O–H groups in total. The zero-order valence-corrected chi connectivity index (χ0v) is 14.4. The fourth-order valence-electron chi connectivity index (χ4n) is 2.59. The maximum atomic E-state index is 14.2. The minimum Gasteiger partial charge on any atom is -0.247 e. The van der Waals surface area contributed by atoms with Crippen molar-refractivity contribution in [3.8, 4) is 0 Å². The summed E-state index contributed by atoms with van der Waals surface area (Å²) in [7, 11) is 0. The van der Waals surface area contributed by atoms with E-state index >= 15 is 0 Å². The number of halogens is 4. The molecule has 1 nitrogen and oxygen atoms in total. The van der Waals surface area contributed by atoms with Gasteiger partial charge in [0.1, 0.15) is 0 Å². The highest BCUT2D eigenvalue weighted by atomic mass is 19.3. The topological polar surface area (TPSA) is 9.23 Å². The Labute approximate surface area is 145 Å². The van der Waals surface area contributed by atoms with Crippen molar-refractivity contribution in [1.82, 2.24) is 0 Å². The molecule has 0 unspecified atom stereocenters. The maximum absolute atomic E-state index is 14.2. The molecule has 0 aliphatic carbocycles. The molecule has 2 aromatic rings. The number of ether oxygens (including phenoxy) is 1. The van der Waals surface area contributed by atoms with Gasteiger partial charge in [-0.1, -0.05) is 75.2 Å². The zero-order chi connectivity index (χ0) is 18.5. The third-order valence-corrected chi connectivity index (χ3v) is 3.91. The number of aryl methyl sites for hydroxylation is 2. The van der Waals surface area contributed by atoms with E-state index in [0.29, 0.717) is 0 Å². The predicted octanol–water partition coefficient (Wildman–Crippen LogP) is 6.41. The highest BCUT2D eigenvalue weighted by Crippen LogP contribution is 2.40. The number of hydrogen-bond acceptors (Lipinski definition) is 1. The molecular formula is C20H22F4O. The van der Waals surface area contributed by atoms with Crippen LogP contribution in [0, 0.1) is 0 Å². The third-order valence-electron chi connectivity index (χ3n) is 3.91. The molecule has 0 bridgehead atoms. The molecule has 0 amide bonds. The second kappa shape index (κ2) is 8.00. The first kappa shape index (κ1) is 19.4. The molecule has 5 heteroatoms. The van der Waals surface area contributed by atoms with Crippen molar-refractivity contribution in [3.05, 3.63) is 70.8 Å². The molecule has 0 saturated heterocycles. The van der Waals surface area contributed by atoms with Gasteiger partial charge in [0.25, 0.3) is 0 Å². The quantitative estimate of drug-likeness (QED) is 0.498. The van der Waals surface area contributed by atoms with Gasteiger partial charge < -0.3 is 0 Å². The molecule has 0 aliphatic rings. The van der Waals surface area contributed by atoms with Crippen LogP contribution in [-0.4, -0.2) is 0 Å². The molecule has 0 aliphatic heterocycles. The van der Waals surface area contributed by atoms with Crippen LogP contribution in [0.2, 0.25) is 0 Å². The van der Waals surface area contributed by atoms with Gasteiger partial charge in [0.15, 0.2) is 0 Å². The predicted molar refractivity (Wildman–Crippen MR) is 89.7 cm³/mol. The second-order valence-electron chi connectivity index (χ2n) is 6.03. The van der Waals surface area contributed by atoms with E-state index in [1.54, 1.807) is 0 Å². The van der Waals surface area contributed by atoms with Crippen LogP contribution in [0.4, 0.5) is 17.6 Å². The number of alkyl halides is 4. The van der Waals surface area contributed by atoms with Crippen molar-refractivity contribution in [2.45, 2.75) is 51.7 Å². The van der Waals surface area contributed by atoms with Gasteiger partial charge in [-0.05, 0) is 24.0 Å². The lowest BCUT2D eigenvalue weighted by Crippen LogP contribution is -2.29. The van der Waals surface area contributed by atoms with Gasteiger partial charge in [0, 0.05) is 0 Å². The van der Waals surface area contributed by atoms with Gasteiger partial charge in [-0.2, -0.15) is 17.6 Å². The maximum Gasteiger partial charge on any atom is 0.388 e. The van der Waals surface area contributed by atoms with E-state index in [1.165, 1.54) is 24.3 Å². The average molecular weight is 354 g/mol. The minimum absolute atomic E-state index is 0.588. The van der Waals surface area contributed by atoms with Gasteiger partial charge in [-0.3, -0.25) is 0 Å². The lowest BCUT2D eigenvalue weighted by Gasteiger charge is -2.24. The Kier molecular flexibility index (Phi) is 6.22. The first-order valence-electron chi connectivity index (χ1n) is 8.43. The van der Waals surface area contributed by atoms with E-state index < -0.39 is 23.3 Å². The number of rotatable bonds is 8. The summed E-state index contributed by atoms with van der Waals surface area (Å²) in [5, 5.41) is 0. The van der Waals surface area contributed by atoms with E-state index in [-0.39, 0.29) is 0 Å². The van der Waals surface area contributed by atoms with E-state index in [0.717, 1.165) is 61.1 Å². The van der Waals surface area contributed by atoms with Crippen molar-refractivity contribution >= 4 is 0 Å². The number of benzene rings is 2. The van der Waals surface area contributed by atoms with E-state index in [1.807, 2.05) is 13.8 Å². The van der Waals surface area contributed by atoms with Crippen LogP contribution in [0.15, 0.2) is 48.5 Å². The molecule has 0 radical (unpaired) electrons. The molecule has 136 valence electrons. The molecule has 0 aromatic heterocycles. The fraction of sp³-hybridized carbons (Fsp3) is 0.400. The van der Waals surface area contributed by atoms with Crippen molar-refractivity contribution in [2.24, 2.45) is 0 Å². The first-order valence-corrected chi connectivity index (χ1v) is 8.43. The highest BCUT2D eigenvalue weighted by molar-refractivity contribution is 5.27. The Hall–Kier alpha value is -1.88. The lowest BCUT2D eigenvalue weighted by molar-refractivity contribution is -0.391. The summed E-state index contributed by atoms with van der Waals surface area (Å²) in [6.45, 7) is 3.94. The molecule has 25 heavy (non-hydrogen) atoms. The smallest absolute Gasteiger partial charge is 0.247 e. The van der Waals surface area contributed by atoms with Crippen LogP contribution >= 0.6 is 0 Å². The summed E-state index contributed by atoms with van der Waals surface area (Å²) in [6, 6.07) is 10.6. The molecule has 0 atom stereocenters. The molecule has 2 rings (SSSR count). The van der Waals surface area contributed by atoms with Crippen LogP contribution in [0.5, 0.6) is 0 Å². The molecule has 0 heterocycles. The van der Waals surface area contributed by atoms with Crippen LogP contribution in [0.25, 0.3) is 0 Å². The monoisotopic (exact) mass is 354 g/mol. The Bertz CT molecular complexity index is 604. The third kappa shape index (κ3) is 5.05. The van der Waals surface area contributed by atoms with Crippen LogP contribution in [0.3, 0.4) is 0 Å². The summed E-state index contributed by atoms with van der Waals surface area (Å²) in [5.74, 6) is 0. The van der Waals surface area contributed by atoms with Crippen molar-refractivity contribution < 1.29 is 22.3 Å². The van der Waals surface area contributed by atoms with Gasteiger partial charge in [0.2, 0.25) is 0 Å². The van der Waals surface area contributed by atoms with Gasteiger partial charge in [-0.25, -0.2) is 4.74 Å². The molecule has 0 saturated carbocycles. The fourth-order valence-corrected chi connectivity index (χ4v) is 2.59. The van der Waals surface area contributed by atoms with E-state index in [2.05, 4.69) is 4.74 Å². The zero-order valence-electron chi connectivity index (χ0n) is 14.4. The van der Waals surface area contributed by atoms with Crippen molar-refractivity contribution in [2.75, 3.05) is 0 Å². The molecular weight excluding hydrogens is 332 g/mol. The number of hydrogen-bond donors (Lipinski definition) is 0. The van der Waals surface area contributed by atoms with Crippen molar-refractivity contribution in [3.63, 3.8) is 0 Å². The van der Waals surface area contributed by atoms with Gasteiger partial charge in [0.05, 0.1) is 11.1 Å². The first-order chi connectivity index (χ1) is 11.8. The largest absolute Gasteiger partial charge is 0.388 e. The molecule has 0 spiro atoms. The Morgan fingerprint density at radius 3 is 1.24 bits per heavy atom. The molecule has 0 fully saturated rings. The summed E-state index contributed by atoms with van der Waals surface area (Å²) in [4.78, 5) is 0. The normalized spacial score (nSPS) is 12.4. The summed E-state index contributed by atoms with van der Waals surface area (Å²) < 4.78 is 60.5. The Balaban J connectivity index is 2.16.